The SMILES string of the molecule is CSCC[C@@H](NC(=O)c1ccco1)C(=O)NCCC(=O)N1CCCC1. The molecule has 0 aliphatic carbocycles. The fraction of sp³-hybridized carbons (Fsp3) is 0.588. The number of rotatable bonds is 9. The van der Waals surface area contributed by atoms with Crippen molar-refractivity contribution in [3.63, 3.8) is 0 Å². The van der Waals surface area contributed by atoms with E-state index < -0.39 is 11.9 Å². The van der Waals surface area contributed by atoms with E-state index in [9.17, 15) is 14.4 Å². The highest BCUT2D eigenvalue weighted by molar-refractivity contribution is 7.98. The fourth-order valence-corrected chi connectivity index (χ4v) is 3.15. The minimum absolute atomic E-state index is 0.0677. The molecule has 0 aromatic carbocycles. The second-order valence-corrected chi connectivity index (χ2v) is 6.90. The van der Waals surface area contributed by atoms with Crippen LogP contribution in [-0.4, -0.2) is 60.3 Å². The molecule has 0 spiro atoms. The summed E-state index contributed by atoms with van der Waals surface area (Å²) in [6, 6.07) is 2.52. The predicted molar refractivity (Wildman–Crippen MR) is 96.4 cm³/mol. The minimum atomic E-state index is -0.646. The van der Waals surface area contributed by atoms with Crippen molar-refractivity contribution >= 4 is 29.5 Å². The number of thioether (sulfide) groups is 1. The summed E-state index contributed by atoms with van der Waals surface area (Å²) in [4.78, 5) is 38.3. The van der Waals surface area contributed by atoms with Gasteiger partial charge >= 0.3 is 0 Å². The average molecular weight is 367 g/mol. The Morgan fingerprint density at radius 2 is 2.08 bits per heavy atom. The average Bonchev–Trinajstić information content (AvgIpc) is 3.31. The molecule has 0 radical (unpaired) electrons. The van der Waals surface area contributed by atoms with Gasteiger partial charge in [0.25, 0.3) is 5.91 Å². The first-order valence-corrected chi connectivity index (χ1v) is 9.90. The van der Waals surface area contributed by atoms with Crippen LogP contribution in [-0.2, 0) is 9.59 Å². The molecule has 8 heteroatoms. The van der Waals surface area contributed by atoms with Crippen LogP contribution in [0.2, 0.25) is 0 Å². The molecule has 2 N–H and O–H groups in total. The van der Waals surface area contributed by atoms with Crippen molar-refractivity contribution in [2.24, 2.45) is 0 Å². The topological polar surface area (TPSA) is 91.6 Å². The second kappa shape index (κ2) is 10.1. The van der Waals surface area contributed by atoms with E-state index in [4.69, 9.17) is 4.42 Å². The van der Waals surface area contributed by atoms with Gasteiger partial charge in [-0.15, -0.1) is 0 Å². The molecule has 7 nitrogen and oxygen atoms in total. The van der Waals surface area contributed by atoms with Crippen LogP contribution in [0, 0.1) is 0 Å². The molecule has 1 aliphatic rings. The first kappa shape index (κ1) is 19.4. The van der Waals surface area contributed by atoms with Gasteiger partial charge in [-0.3, -0.25) is 14.4 Å². The molecule has 1 fully saturated rings. The molecule has 1 aliphatic heterocycles. The summed E-state index contributed by atoms with van der Waals surface area (Å²) in [7, 11) is 0. The number of nitrogens with zero attached hydrogens (tertiary/aromatic N) is 1. The highest BCUT2D eigenvalue weighted by Gasteiger charge is 2.23. The summed E-state index contributed by atoms with van der Waals surface area (Å²) in [5, 5.41) is 5.45. The quantitative estimate of drug-likeness (QED) is 0.686. The zero-order valence-electron chi connectivity index (χ0n) is 14.5. The van der Waals surface area contributed by atoms with E-state index in [2.05, 4.69) is 10.6 Å². The summed E-state index contributed by atoms with van der Waals surface area (Å²) in [5.41, 5.74) is 0. The molecule has 1 aromatic heterocycles. The summed E-state index contributed by atoms with van der Waals surface area (Å²) in [6.07, 6.45) is 6.25. The molecule has 0 unspecified atom stereocenters. The number of carbonyl (C=O) groups is 3. The summed E-state index contributed by atoms with van der Waals surface area (Å²) >= 11 is 1.60. The van der Waals surface area contributed by atoms with Crippen molar-refractivity contribution in [3.05, 3.63) is 24.2 Å². The molecule has 1 aromatic rings. The number of hydrogen-bond acceptors (Lipinski definition) is 5. The highest BCUT2D eigenvalue weighted by Crippen LogP contribution is 2.09. The van der Waals surface area contributed by atoms with Crippen LogP contribution in [0.1, 0.15) is 36.2 Å². The van der Waals surface area contributed by atoms with Crippen LogP contribution in [0.3, 0.4) is 0 Å². The molecule has 2 rings (SSSR count). The molecular weight excluding hydrogens is 342 g/mol. The van der Waals surface area contributed by atoms with Crippen molar-refractivity contribution in [1.82, 2.24) is 15.5 Å². The second-order valence-electron chi connectivity index (χ2n) is 5.91. The first-order valence-electron chi connectivity index (χ1n) is 8.50. The van der Waals surface area contributed by atoms with Gasteiger partial charge < -0.3 is 20.0 Å². The standard InChI is InChI=1S/C17H25N3O4S/c1-25-12-7-13(19-17(23)14-5-4-11-24-14)16(22)18-8-6-15(21)20-9-2-3-10-20/h4-5,11,13H,2-3,6-10,12H2,1H3,(H,18,22)(H,19,23)/t13-/m1/s1. The van der Waals surface area contributed by atoms with E-state index in [0.717, 1.165) is 31.7 Å². The van der Waals surface area contributed by atoms with Gasteiger partial charge in [-0.1, -0.05) is 0 Å². The molecular formula is C17H25N3O4S. The normalized spacial score (nSPS) is 15.0. The fourth-order valence-electron chi connectivity index (χ4n) is 2.68. The third-order valence-corrected chi connectivity index (χ3v) is 4.72. The lowest BCUT2D eigenvalue weighted by Crippen LogP contribution is -2.47. The van der Waals surface area contributed by atoms with Gasteiger partial charge in [0.05, 0.1) is 6.26 Å². The van der Waals surface area contributed by atoms with Crippen molar-refractivity contribution < 1.29 is 18.8 Å². The van der Waals surface area contributed by atoms with Crippen LogP contribution in [0.15, 0.2) is 22.8 Å². The zero-order valence-corrected chi connectivity index (χ0v) is 15.3. The highest BCUT2D eigenvalue weighted by atomic mass is 32.2. The van der Waals surface area contributed by atoms with Crippen molar-refractivity contribution in [2.75, 3.05) is 31.6 Å². The third-order valence-electron chi connectivity index (χ3n) is 4.07. The number of nitrogens with one attached hydrogen (secondary N) is 2. The maximum atomic E-state index is 12.4. The Kier molecular flexibility index (Phi) is 7.84. The van der Waals surface area contributed by atoms with Gasteiger partial charge in [0.2, 0.25) is 11.8 Å². The van der Waals surface area contributed by atoms with Crippen molar-refractivity contribution in [1.29, 1.82) is 0 Å². The molecule has 3 amide bonds. The molecule has 25 heavy (non-hydrogen) atoms. The van der Waals surface area contributed by atoms with E-state index in [1.165, 1.54) is 6.26 Å². The Bertz CT molecular complexity index is 570. The van der Waals surface area contributed by atoms with Gasteiger partial charge in [0, 0.05) is 26.1 Å². The van der Waals surface area contributed by atoms with Crippen LogP contribution >= 0.6 is 11.8 Å². The van der Waals surface area contributed by atoms with Crippen LogP contribution in [0.4, 0.5) is 0 Å². The summed E-state index contributed by atoms with van der Waals surface area (Å²) in [5.74, 6) is 0.287. The number of carbonyl (C=O) groups excluding carboxylic acids is 3. The number of amides is 3. The van der Waals surface area contributed by atoms with E-state index in [-0.39, 0.29) is 30.5 Å². The van der Waals surface area contributed by atoms with Gasteiger partial charge in [-0.2, -0.15) is 11.8 Å². The Balaban J connectivity index is 1.80. The van der Waals surface area contributed by atoms with Crippen LogP contribution in [0.25, 0.3) is 0 Å². The van der Waals surface area contributed by atoms with E-state index in [0.29, 0.717) is 6.42 Å². The van der Waals surface area contributed by atoms with E-state index in [1.807, 2.05) is 11.2 Å². The van der Waals surface area contributed by atoms with Crippen molar-refractivity contribution in [3.8, 4) is 0 Å². The maximum absolute atomic E-state index is 12.4. The maximum Gasteiger partial charge on any atom is 0.287 e. The predicted octanol–water partition coefficient (Wildman–Crippen LogP) is 1.26. The summed E-state index contributed by atoms with van der Waals surface area (Å²) < 4.78 is 5.05. The van der Waals surface area contributed by atoms with Crippen LogP contribution in [0.5, 0.6) is 0 Å². The lowest BCUT2D eigenvalue weighted by Gasteiger charge is -2.19. The van der Waals surface area contributed by atoms with Gasteiger partial charge in [0.15, 0.2) is 5.76 Å². The Morgan fingerprint density at radius 1 is 1.32 bits per heavy atom. The number of hydrogen-bond donors (Lipinski definition) is 2. The third kappa shape index (κ3) is 6.12. The molecule has 2 heterocycles. The van der Waals surface area contributed by atoms with Gasteiger partial charge in [-0.05, 0) is 43.4 Å². The molecule has 138 valence electrons. The zero-order chi connectivity index (χ0) is 18.1. The molecule has 1 saturated heterocycles. The first-order chi connectivity index (χ1) is 12.1. The Labute approximate surface area is 151 Å². The Hall–Kier alpha value is -1.96. The monoisotopic (exact) mass is 367 g/mol. The van der Waals surface area contributed by atoms with Gasteiger partial charge in [-0.25, -0.2) is 0 Å². The number of furan rings is 1. The summed E-state index contributed by atoms with van der Waals surface area (Å²) in [6.45, 7) is 1.89. The Morgan fingerprint density at radius 3 is 2.72 bits per heavy atom. The molecule has 1 atom stereocenters. The number of likely N-dealkylation sites (tertiary alicyclic amines) is 1. The minimum Gasteiger partial charge on any atom is -0.459 e. The smallest absolute Gasteiger partial charge is 0.287 e. The molecule has 0 saturated carbocycles. The van der Waals surface area contributed by atoms with E-state index in [1.54, 1.807) is 23.9 Å². The van der Waals surface area contributed by atoms with Crippen LogP contribution < -0.4 is 10.6 Å². The largest absolute Gasteiger partial charge is 0.459 e. The van der Waals surface area contributed by atoms with Crippen molar-refractivity contribution in [2.45, 2.75) is 31.7 Å². The lowest BCUT2D eigenvalue weighted by molar-refractivity contribution is -0.130. The van der Waals surface area contributed by atoms with E-state index >= 15 is 0 Å². The van der Waals surface area contributed by atoms with Gasteiger partial charge in [0.1, 0.15) is 6.04 Å². The molecule has 0 bridgehead atoms. The lowest BCUT2D eigenvalue weighted by atomic mass is 10.2.